The minimum Gasteiger partial charge on any atom is -0.379 e. The van der Waals surface area contributed by atoms with Crippen molar-refractivity contribution >= 4 is 33.2 Å². The zero-order valence-corrected chi connectivity index (χ0v) is 19.7. The number of amides is 2. The van der Waals surface area contributed by atoms with E-state index >= 15 is 0 Å². The van der Waals surface area contributed by atoms with Gasteiger partial charge in [0, 0.05) is 45.2 Å². The molecule has 1 atom stereocenters. The van der Waals surface area contributed by atoms with Crippen LogP contribution in [0.3, 0.4) is 0 Å². The third kappa shape index (κ3) is 4.74. The maximum Gasteiger partial charge on any atom is 0.243 e. The first-order valence-electron chi connectivity index (χ1n) is 12.0. The highest BCUT2D eigenvalue weighted by molar-refractivity contribution is 7.89. The lowest BCUT2D eigenvalue weighted by Gasteiger charge is -2.31. The minimum absolute atomic E-state index is 0.0394. The molecular formula is C23H32N4O5S. The summed E-state index contributed by atoms with van der Waals surface area (Å²) in [5, 5.41) is 3.00. The Labute approximate surface area is 195 Å². The standard InChI is InChI=1S/C23H32N4O5S/c28-22-14-17(16-27(22)18-4-5-18)23(29)24-20-15-19(33(30,31)26-10-12-32-13-11-26)6-7-21(20)25-8-2-1-3-9-25/h6-7,15,17-18H,1-5,8-14,16H2,(H,24,29). The minimum atomic E-state index is -3.69. The smallest absolute Gasteiger partial charge is 0.243 e. The number of piperidine rings is 1. The number of nitrogens with one attached hydrogen (secondary N) is 1. The molecule has 1 saturated carbocycles. The third-order valence-electron chi connectivity index (χ3n) is 7.05. The van der Waals surface area contributed by atoms with Gasteiger partial charge in [-0.25, -0.2) is 8.42 Å². The van der Waals surface area contributed by atoms with Gasteiger partial charge in [0.25, 0.3) is 0 Å². The van der Waals surface area contributed by atoms with Gasteiger partial charge in [-0.15, -0.1) is 0 Å². The number of rotatable bonds is 6. The fraction of sp³-hybridized carbons (Fsp3) is 0.652. The molecular weight excluding hydrogens is 444 g/mol. The molecule has 180 valence electrons. The summed E-state index contributed by atoms with van der Waals surface area (Å²) in [5.41, 5.74) is 1.35. The summed E-state index contributed by atoms with van der Waals surface area (Å²) in [6.45, 7) is 3.58. The Bertz CT molecular complexity index is 1010. The first-order chi connectivity index (χ1) is 15.9. The molecule has 3 saturated heterocycles. The van der Waals surface area contributed by atoms with Crippen molar-refractivity contribution in [2.75, 3.05) is 56.2 Å². The second kappa shape index (κ2) is 9.23. The van der Waals surface area contributed by atoms with Crippen LogP contribution in [0.5, 0.6) is 0 Å². The fourth-order valence-corrected chi connectivity index (χ4v) is 6.44. The van der Waals surface area contributed by atoms with Gasteiger partial charge in [0.1, 0.15) is 0 Å². The van der Waals surface area contributed by atoms with Crippen molar-refractivity contribution in [1.29, 1.82) is 0 Å². The van der Waals surface area contributed by atoms with E-state index in [1.54, 1.807) is 12.1 Å². The van der Waals surface area contributed by atoms with E-state index in [0.29, 0.717) is 44.6 Å². The second-order valence-corrected chi connectivity index (χ2v) is 11.3. The van der Waals surface area contributed by atoms with Crippen LogP contribution in [-0.2, 0) is 24.3 Å². The maximum absolute atomic E-state index is 13.2. The van der Waals surface area contributed by atoms with E-state index in [9.17, 15) is 18.0 Å². The van der Waals surface area contributed by atoms with Crippen LogP contribution in [-0.4, -0.2) is 81.4 Å². The average molecular weight is 477 g/mol. The molecule has 0 spiro atoms. The Kier molecular flexibility index (Phi) is 6.32. The van der Waals surface area contributed by atoms with Gasteiger partial charge in [0.15, 0.2) is 0 Å². The molecule has 1 unspecified atom stereocenters. The van der Waals surface area contributed by atoms with E-state index in [1.807, 2.05) is 11.0 Å². The number of benzene rings is 1. The predicted molar refractivity (Wildman–Crippen MR) is 124 cm³/mol. The van der Waals surface area contributed by atoms with Gasteiger partial charge >= 0.3 is 0 Å². The van der Waals surface area contributed by atoms with Gasteiger partial charge in [-0.05, 0) is 50.3 Å². The topological polar surface area (TPSA) is 99.3 Å². The molecule has 9 nitrogen and oxygen atoms in total. The highest BCUT2D eigenvalue weighted by atomic mass is 32.2. The van der Waals surface area contributed by atoms with Crippen molar-refractivity contribution in [2.45, 2.75) is 49.5 Å². The Morgan fingerprint density at radius 1 is 1.03 bits per heavy atom. The van der Waals surface area contributed by atoms with Crippen LogP contribution in [0.2, 0.25) is 0 Å². The molecule has 4 fully saturated rings. The van der Waals surface area contributed by atoms with Gasteiger partial charge in [-0.1, -0.05) is 0 Å². The van der Waals surface area contributed by atoms with E-state index < -0.39 is 15.9 Å². The summed E-state index contributed by atoms with van der Waals surface area (Å²) in [6, 6.07) is 5.33. The Morgan fingerprint density at radius 2 is 1.76 bits per heavy atom. The number of nitrogens with zero attached hydrogens (tertiary/aromatic N) is 3. The van der Waals surface area contributed by atoms with Gasteiger partial charge in [-0.3, -0.25) is 9.59 Å². The summed E-state index contributed by atoms with van der Waals surface area (Å²) in [6.07, 6.45) is 5.54. The quantitative estimate of drug-likeness (QED) is 0.670. The molecule has 33 heavy (non-hydrogen) atoms. The summed E-state index contributed by atoms with van der Waals surface area (Å²) >= 11 is 0. The van der Waals surface area contributed by atoms with E-state index in [2.05, 4.69) is 10.2 Å². The summed E-state index contributed by atoms with van der Waals surface area (Å²) < 4.78 is 33.2. The van der Waals surface area contributed by atoms with Crippen LogP contribution < -0.4 is 10.2 Å². The normalized spacial score (nSPS) is 24.8. The molecule has 0 bridgehead atoms. The van der Waals surface area contributed by atoms with Crippen molar-refractivity contribution in [3.8, 4) is 0 Å². The number of hydrogen-bond donors (Lipinski definition) is 1. The molecule has 5 rings (SSSR count). The molecule has 1 aromatic carbocycles. The Morgan fingerprint density at radius 3 is 2.45 bits per heavy atom. The number of carbonyl (C=O) groups excluding carboxylic acids is 2. The lowest BCUT2D eigenvalue weighted by Crippen LogP contribution is -2.40. The highest BCUT2D eigenvalue weighted by Gasteiger charge is 2.42. The van der Waals surface area contributed by atoms with Gasteiger partial charge in [0.2, 0.25) is 21.8 Å². The molecule has 1 N–H and O–H groups in total. The van der Waals surface area contributed by atoms with E-state index in [-0.39, 0.29) is 23.1 Å². The summed E-state index contributed by atoms with van der Waals surface area (Å²) in [5.74, 6) is -0.588. The lowest BCUT2D eigenvalue weighted by atomic mass is 10.1. The molecule has 1 aliphatic carbocycles. The molecule has 0 radical (unpaired) electrons. The number of sulfonamides is 1. The first kappa shape index (κ1) is 22.6. The zero-order valence-electron chi connectivity index (χ0n) is 18.9. The number of hydrogen-bond acceptors (Lipinski definition) is 6. The molecule has 1 aromatic rings. The van der Waals surface area contributed by atoms with Crippen molar-refractivity contribution in [2.24, 2.45) is 5.92 Å². The SMILES string of the molecule is O=C(Nc1cc(S(=O)(=O)N2CCOCC2)ccc1N1CCCCC1)C1CC(=O)N(C2CC2)C1. The highest BCUT2D eigenvalue weighted by Crippen LogP contribution is 2.35. The molecule has 0 aromatic heterocycles. The van der Waals surface area contributed by atoms with Crippen LogP contribution >= 0.6 is 0 Å². The fourth-order valence-electron chi connectivity index (χ4n) is 5.00. The van der Waals surface area contributed by atoms with Gasteiger partial charge < -0.3 is 19.9 Å². The third-order valence-corrected chi connectivity index (χ3v) is 8.94. The number of carbonyl (C=O) groups is 2. The number of anilines is 2. The first-order valence-corrected chi connectivity index (χ1v) is 13.4. The number of likely N-dealkylation sites (tertiary alicyclic amines) is 1. The Balaban J connectivity index is 1.41. The van der Waals surface area contributed by atoms with Gasteiger partial charge in [-0.2, -0.15) is 4.31 Å². The van der Waals surface area contributed by atoms with Crippen LogP contribution in [0.4, 0.5) is 11.4 Å². The molecule has 10 heteroatoms. The van der Waals surface area contributed by atoms with Crippen LogP contribution in [0, 0.1) is 5.92 Å². The van der Waals surface area contributed by atoms with Crippen LogP contribution in [0.1, 0.15) is 38.5 Å². The van der Waals surface area contributed by atoms with Crippen molar-refractivity contribution in [3.63, 3.8) is 0 Å². The summed E-state index contributed by atoms with van der Waals surface area (Å²) in [4.78, 5) is 29.7. The number of morpholine rings is 1. The second-order valence-electron chi connectivity index (χ2n) is 9.41. The van der Waals surface area contributed by atoms with E-state index in [1.165, 1.54) is 10.7 Å². The maximum atomic E-state index is 13.2. The van der Waals surface area contributed by atoms with Crippen LogP contribution in [0.25, 0.3) is 0 Å². The summed E-state index contributed by atoms with van der Waals surface area (Å²) in [7, 11) is -3.69. The monoisotopic (exact) mass is 476 g/mol. The molecule has 2 amide bonds. The Hall–Kier alpha value is -2.17. The number of ether oxygens (including phenoxy) is 1. The van der Waals surface area contributed by atoms with Crippen molar-refractivity contribution in [3.05, 3.63) is 18.2 Å². The molecule has 3 aliphatic heterocycles. The van der Waals surface area contributed by atoms with Gasteiger partial charge in [0.05, 0.1) is 35.4 Å². The largest absolute Gasteiger partial charge is 0.379 e. The zero-order chi connectivity index (χ0) is 23.0. The van der Waals surface area contributed by atoms with E-state index in [0.717, 1.165) is 44.5 Å². The predicted octanol–water partition coefficient (Wildman–Crippen LogP) is 1.65. The molecule has 4 aliphatic rings. The average Bonchev–Trinajstić information content (AvgIpc) is 3.61. The molecule has 3 heterocycles. The lowest BCUT2D eigenvalue weighted by molar-refractivity contribution is -0.128. The van der Waals surface area contributed by atoms with E-state index in [4.69, 9.17) is 4.74 Å². The van der Waals surface area contributed by atoms with Crippen LogP contribution in [0.15, 0.2) is 23.1 Å². The van der Waals surface area contributed by atoms with Crippen molar-refractivity contribution in [1.82, 2.24) is 9.21 Å². The van der Waals surface area contributed by atoms with Crippen molar-refractivity contribution < 1.29 is 22.7 Å².